The maximum atomic E-state index is 5.74. The van der Waals surface area contributed by atoms with E-state index in [9.17, 15) is 0 Å². The molecule has 4 heteroatoms. The molecule has 2 N–H and O–H groups in total. The quantitative estimate of drug-likeness (QED) is 0.832. The zero-order valence-corrected chi connectivity index (χ0v) is 8.43. The van der Waals surface area contributed by atoms with Crippen molar-refractivity contribution in [2.45, 2.75) is 13.5 Å². The first kappa shape index (κ1) is 9.58. The molecular formula is C11H12N2O2. The third-order valence-electron chi connectivity index (χ3n) is 1.95. The molecule has 2 heterocycles. The topological polar surface area (TPSA) is 61.3 Å². The maximum Gasteiger partial charge on any atom is 0.237 e. The van der Waals surface area contributed by atoms with Crippen LogP contribution in [-0.2, 0) is 6.61 Å². The Bertz CT molecular complexity index is 438. The van der Waals surface area contributed by atoms with Crippen LogP contribution in [0.25, 0.3) is 0 Å². The average Bonchev–Trinajstić information content (AvgIpc) is 2.69. The first-order chi connectivity index (χ1) is 7.25. The third kappa shape index (κ3) is 2.28. The Labute approximate surface area is 87.7 Å². The number of aryl methyl sites for hydroxylation is 1. The Morgan fingerprint density at radius 2 is 2.40 bits per heavy atom. The minimum atomic E-state index is 0.341. The van der Waals surface area contributed by atoms with Gasteiger partial charge in [-0.1, -0.05) is 0 Å². The van der Waals surface area contributed by atoms with Crippen molar-refractivity contribution >= 4 is 5.69 Å². The molecule has 78 valence electrons. The SMILES string of the molecule is Cc1cnc(OCc2ccco2)c(N)c1. The predicted molar refractivity (Wildman–Crippen MR) is 56.4 cm³/mol. The van der Waals surface area contributed by atoms with E-state index < -0.39 is 0 Å². The van der Waals surface area contributed by atoms with Crippen molar-refractivity contribution < 1.29 is 9.15 Å². The van der Waals surface area contributed by atoms with Gasteiger partial charge in [0.15, 0.2) is 0 Å². The highest BCUT2D eigenvalue weighted by atomic mass is 16.5. The Hall–Kier alpha value is -1.97. The molecule has 0 aliphatic carbocycles. The van der Waals surface area contributed by atoms with Gasteiger partial charge in [-0.05, 0) is 30.7 Å². The third-order valence-corrected chi connectivity index (χ3v) is 1.95. The summed E-state index contributed by atoms with van der Waals surface area (Å²) in [5.74, 6) is 1.19. The van der Waals surface area contributed by atoms with E-state index in [0.717, 1.165) is 11.3 Å². The number of nitrogen functional groups attached to an aromatic ring is 1. The van der Waals surface area contributed by atoms with Gasteiger partial charge < -0.3 is 14.9 Å². The minimum Gasteiger partial charge on any atom is -0.468 e. The number of furan rings is 1. The predicted octanol–water partition coefficient (Wildman–Crippen LogP) is 2.14. The molecule has 2 aromatic heterocycles. The zero-order valence-electron chi connectivity index (χ0n) is 8.43. The van der Waals surface area contributed by atoms with Crippen LogP contribution in [0.4, 0.5) is 5.69 Å². The molecule has 4 nitrogen and oxygen atoms in total. The summed E-state index contributed by atoms with van der Waals surface area (Å²) in [5, 5.41) is 0. The summed E-state index contributed by atoms with van der Waals surface area (Å²) in [6.07, 6.45) is 3.32. The van der Waals surface area contributed by atoms with Crippen molar-refractivity contribution in [3.63, 3.8) is 0 Å². The van der Waals surface area contributed by atoms with Gasteiger partial charge in [0.25, 0.3) is 0 Å². The van der Waals surface area contributed by atoms with Crippen LogP contribution >= 0.6 is 0 Å². The van der Waals surface area contributed by atoms with Crippen LogP contribution < -0.4 is 10.5 Å². The van der Waals surface area contributed by atoms with Gasteiger partial charge in [0.05, 0.1) is 12.0 Å². The Morgan fingerprint density at radius 1 is 1.53 bits per heavy atom. The lowest BCUT2D eigenvalue weighted by Crippen LogP contribution is -2.00. The van der Waals surface area contributed by atoms with Crippen LogP contribution in [0.1, 0.15) is 11.3 Å². The van der Waals surface area contributed by atoms with Gasteiger partial charge in [-0.3, -0.25) is 0 Å². The van der Waals surface area contributed by atoms with Gasteiger partial charge in [-0.25, -0.2) is 4.98 Å². The molecule has 0 saturated carbocycles. The van der Waals surface area contributed by atoms with Crippen molar-refractivity contribution in [3.8, 4) is 5.88 Å². The zero-order chi connectivity index (χ0) is 10.7. The number of aromatic nitrogens is 1. The molecule has 0 unspecified atom stereocenters. The molecule has 0 aliphatic rings. The van der Waals surface area contributed by atoms with E-state index in [1.807, 2.05) is 25.1 Å². The molecule has 2 rings (SSSR count). The number of nitrogens with two attached hydrogens (primary N) is 1. The van der Waals surface area contributed by atoms with Gasteiger partial charge in [0.1, 0.15) is 12.4 Å². The molecule has 0 radical (unpaired) electrons. The van der Waals surface area contributed by atoms with Crippen molar-refractivity contribution in [1.29, 1.82) is 0 Å². The largest absolute Gasteiger partial charge is 0.468 e. The monoisotopic (exact) mass is 204 g/mol. The lowest BCUT2D eigenvalue weighted by molar-refractivity contribution is 0.262. The maximum absolute atomic E-state index is 5.74. The number of ether oxygens (including phenoxy) is 1. The molecule has 0 fully saturated rings. The standard InChI is InChI=1S/C11H12N2O2/c1-8-5-10(12)11(13-6-8)15-7-9-3-2-4-14-9/h2-6H,7,12H2,1H3. The summed E-state index contributed by atoms with van der Waals surface area (Å²) in [5.41, 5.74) is 7.30. The van der Waals surface area contributed by atoms with Crippen molar-refractivity contribution in [2.75, 3.05) is 5.73 Å². The number of pyridine rings is 1. The Morgan fingerprint density at radius 3 is 3.07 bits per heavy atom. The van der Waals surface area contributed by atoms with E-state index >= 15 is 0 Å². The van der Waals surface area contributed by atoms with Crippen LogP contribution in [0, 0.1) is 6.92 Å². The minimum absolute atomic E-state index is 0.341. The van der Waals surface area contributed by atoms with E-state index in [4.69, 9.17) is 14.9 Å². The Kier molecular flexibility index (Phi) is 2.58. The second kappa shape index (κ2) is 4.04. The lowest BCUT2D eigenvalue weighted by Gasteiger charge is -2.06. The molecule has 0 spiro atoms. The normalized spacial score (nSPS) is 10.2. The van der Waals surface area contributed by atoms with E-state index in [2.05, 4.69) is 4.98 Å². The number of nitrogens with zero attached hydrogens (tertiary/aromatic N) is 1. The highest BCUT2D eigenvalue weighted by Gasteiger charge is 2.03. The molecule has 0 bridgehead atoms. The molecular weight excluding hydrogens is 192 g/mol. The molecule has 0 aromatic carbocycles. The van der Waals surface area contributed by atoms with E-state index in [1.165, 1.54) is 0 Å². The highest BCUT2D eigenvalue weighted by molar-refractivity contribution is 5.49. The van der Waals surface area contributed by atoms with E-state index in [0.29, 0.717) is 18.2 Å². The van der Waals surface area contributed by atoms with Crippen LogP contribution in [0.15, 0.2) is 35.1 Å². The average molecular weight is 204 g/mol. The van der Waals surface area contributed by atoms with E-state index in [-0.39, 0.29) is 0 Å². The number of rotatable bonds is 3. The summed E-state index contributed by atoms with van der Waals surface area (Å²) in [6, 6.07) is 5.47. The van der Waals surface area contributed by atoms with Crippen LogP contribution in [0.2, 0.25) is 0 Å². The first-order valence-corrected chi connectivity index (χ1v) is 4.63. The fourth-order valence-corrected chi connectivity index (χ4v) is 1.23. The Balaban J connectivity index is 2.05. The van der Waals surface area contributed by atoms with Crippen LogP contribution in [-0.4, -0.2) is 4.98 Å². The lowest BCUT2D eigenvalue weighted by atomic mass is 10.3. The molecule has 15 heavy (non-hydrogen) atoms. The number of anilines is 1. The molecule has 0 aliphatic heterocycles. The van der Waals surface area contributed by atoms with Crippen LogP contribution in [0.5, 0.6) is 5.88 Å². The summed E-state index contributed by atoms with van der Waals surface area (Å²) < 4.78 is 10.5. The van der Waals surface area contributed by atoms with Crippen molar-refractivity contribution in [3.05, 3.63) is 42.0 Å². The van der Waals surface area contributed by atoms with Gasteiger partial charge in [0.2, 0.25) is 5.88 Å². The molecule has 0 amide bonds. The van der Waals surface area contributed by atoms with Crippen molar-refractivity contribution in [1.82, 2.24) is 4.98 Å². The van der Waals surface area contributed by atoms with E-state index in [1.54, 1.807) is 12.5 Å². The second-order valence-corrected chi connectivity index (χ2v) is 3.28. The fourth-order valence-electron chi connectivity index (χ4n) is 1.23. The van der Waals surface area contributed by atoms with Gasteiger partial charge in [-0.15, -0.1) is 0 Å². The smallest absolute Gasteiger partial charge is 0.237 e. The number of hydrogen-bond acceptors (Lipinski definition) is 4. The summed E-state index contributed by atoms with van der Waals surface area (Å²) >= 11 is 0. The van der Waals surface area contributed by atoms with Gasteiger partial charge >= 0.3 is 0 Å². The molecule has 2 aromatic rings. The first-order valence-electron chi connectivity index (χ1n) is 4.63. The van der Waals surface area contributed by atoms with Crippen molar-refractivity contribution in [2.24, 2.45) is 0 Å². The molecule has 0 saturated heterocycles. The van der Waals surface area contributed by atoms with Crippen LogP contribution in [0.3, 0.4) is 0 Å². The second-order valence-electron chi connectivity index (χ2n) is 3.28. The van der Waals surface area contributed by atoms with Gasteiger partial charge in [-0.2, -0.15) is 0 Å². The summed E-state index contributed by atoms with van der Waals surface area (Å²) in [6.45, 7) is 2.27. The van der Waals surface area contributed by atoms with Gasteiger partial charge in [0, 0.05) is 6.20 Å². The summed E-state index contributed by atoms with van der Waals surface area (Å²) in [7, 11) is 0. The number of hydrogen-bond donors (Lipinski definition) is 1. The highest BCUT2D eigenvalue weighted by Crippen LogP contribution is 2.19. The fraction of sp³-hybridized carbons (Fsp3) is 0.182. The molecule has 0 atom stereocenters. The summed E-state index contributed by atoms with van der Waals surface area (Å²) in [4.78, 5) is 4.09.